The molecule has 132 valence electrons. The number of aromatic nitrogens is 3. The van der Waals surface area contributed by atoms with Crippen LogP contribution in [0.3, 0.4) is 0 Å². The van der Waals surface area contributed by atoms with Crippen LogP contribution >= 0.6 is 0 Å². The summed E-state index contributed by atoms with van der Waals surface area (Å²) in [6.07, 6.45) is 6.40. The fraction of sp³-hybridized carbons (Fsp3) is 0.250. The van der Waals surface area contributed by atoms with Gasteiger partial charge in [0.05, 0.1) is 13.7 Å². The molecule has 1 aliphatic heterocycles. The molecule has 0 unspecified atom stereocenters. The van der Waals surface area contributed by atoms with Crippen LogP contribution in [0.5, 0.6) is 11.5 Å². The maximum absolute atomic E-state index is 6.03. The molecule has 0 saturated carbocycles. The monoisotopic (exact) mass is 348 g/mol. The highest BCUT2D eigenvalue weighted by Crippen LogP contribution is 2.24. The van der Waals surface area contributed by atoms with Gasteiger partial charge in [0.1, 0.15) is 23.4 Å². The molecule has 1 aliphatic rings. The molecule has 1 aromatic carbocycles. The van der Waals surface area contributed by atoms with Crippen molar-refractivity contribution in [2.75, 3.05) is 25.1 Å². The third-order valence-electron chi connectivity index (χ3n) is 4.41. The smallest absolute Gasteiger partial charge is 0.161 e. The minimum absolute atomic E-state index is 0.150. The summed E-state index contributed by atoms with van der Waals surface area (Å²) < 4.78 is 11.2. The molecule has 1 atom stereocenters. The molecular weight excluding hydrogens is 328 g/mol. The van der Waals surface area contributed by atoms with Crippen LogP contribution < -0.4 is 14.4 Å². The molecular formula is C20H20N4O2. The number of methoxy groups -OCH3 is 1. The van der Waals surface area contributed by atoms with Crippen LogP contribution in [0.25, 0.3) is 11.4 Å². The molecule has 6 nitrogen and oxygen atoms in total. The highest BCUT2D eigenvalue weighted by molar-refractivity contribution is 5.58. The summed E-state index contributed by atoms with van der Waals surface area (Å²) in [5.74, 6) is 3.31. The first kappa shape index (κ1) is 16.3. The first-order valence-electron chi connectivity index (χ1n) is 8.61. The van der Waals surface area contributed by atoms with E-state index in [0.29, 0.717) is 5.82 Å². The fourth-order valence-electron chi connectivity index (χ4n) is 3.05. The summed E-state index contributed by atoms with van der Waals surface area (Å²) >= 11 is 0. The van der Waals surface area contributed by atoms with Gasteiger partial charge in [-0.25, -0.2) is 9.97 Å². The van der Waals surface area contributed by atoms with Gasteiger partial charge >= 0.3 is 0 Å². The first-order chi connectivity index (χ1) is 12.8. The van der Waals surface area contributed by atoms with E-state index in [1.807, 2.05) is 42.5 Å². The lowest BCUT2D eigenvalue weighted by molar-refractivity contribution is 0.224. The molecule has 1 saturated heterocycles. The quantitative estimate of drug-likeness (QED) is 0.706. The van der Waals surface area contributed by atoms with E-state index < -0.39 is 0 Å². The standard InChI is InChI=1S/C20H20N4O2/c1-25-16-4-2-15(3-5-16)20-22-12-8-19(23-20)24-13-9-18(14-24)26-17-6-10-21-11-7-17/h2-8,10-12,18H,9,13-14H2,1H3/t18-/m1/s1. The number of hydrogen-bond donors (Lipinski definition) is 0. The van der Waals surface area contributed by atoms with E-state index in [4.69, 9.17) is 14.5 Å². The molecule has 0 aliphatic carbocycles. The van der Waals surface area contributed by atoms with Crippen molar-refractivity contribution >= 4 is 5.82 Å². The summed E-state index contributed by atoms with van der Waals surface area (Å²) in [6, 6.07) is 13.5. The lowest BCUT2D eigenvalue weighted by atomic mass is 10.2. The summed E-state index contributed by atoms with van der Waals surface area (Å²) in [6.45, 7) is 1.72. The summed E-state index contributed by atoms with van der Waals surface area (Å²) in [4.78, 5) is 15.4. The highest BCUT2D eigenvalue weighted by atomic mass is 16.5. The Bertz CT molecular complexity index is 855. The third kappa shape index (κ3) is 3.59. The van der Waals surface area contributed by atoms with Crippen LogP contribution in [0.2, 0.25) is 0 Å². The van der Waals surface area contributed by atoms with Crippen LogP contribution in [0.4, 0.5) is 5.82 Å². The van der Waals surface area contributed by atoms with E-state index in [-0.39, 0.29) is 6.10 Å². The number of benzene rings is 1. The zero-order valence-corrected chi connectivity index (χ0v) is 14.6. The van der Waals surface area contributed by atoms with Gasteiger partial charge in [-0.2, -0.15) is 0 Å². The predicted octanol–water partition coefficient (Wildman–Crippen LogP) is 3.20. The zero-order valence-electron chi connectivity index (χ0n) is 14.6. The molecule has 0 spiro atoms. The van der Waals surface area contributed by atoms with E-state index in [9.17, 15) is 0 Å². The van der Waals surface area contributed by atoms with Crippen molar-refractivity contribution in [2.45, 2.75) is 12.5 Å². The summed E-state index contributed by atoms with van der Waals surface area (Å²) in [5.41, 5.74) is 0.969. The van der Waals surface area contributed by atoms with E-state index in [1.165, 1.54) is 0 Å². The fourth-order valence-corrected chi connectivity index (χ4v) is 3.05. The Hall–Kier alpha value is -3.15. The summed E-state index contributed by atoms with van der Waals surface area (Å²) in [7, 11) is 1.66. The van der Waals surface area contributed by atoms with E-state index >= 15 is 0 Å². The van der Waals surface area contributed by atoms with Crippen molar-refractivity contribution in [1.29, 1.82) is 0 Å². The largest absolute Gasteiger partial charge is 0.497 e. The maximum atomic E-state index is 6.03. The second-order valence-corrected chi connectivity index (χ2v) is 6.12. The number of pyridine rings is 1. The van der Waals surface area contributed by atoms with Crippen LogP contribution in [-0.4, -0.2) is 41.3 Å². The maximum Gasteiger partial charge on any atom is 0.161 e. The number of anilines is 1. The van der Waals surface area contributed by atoms with Gasteiger partial charge in [0.2, 0.25) is 0 Å². The molecule has 0 bridgehead atoms. The number of ether oxygens (including phenoxy) is 2. The average Bonchev–Trinajstić information content (AvgIpc) is 3.17. The molecule has 1 fully saturated rings. The van der Waals surface area contributed by atoms with Crippen LogP contribution in [0.1, 0.15) is 6.42 Å². The lowest BCUT2D eigenvalue weighted by Gasteiger charge is -2.18. The molecule has 0 N–H and O–H groups in total. The molecule has 3 aromatic rings. The molecule has 26 heavy (non-hydrogen) atoms. The predicted molar refractivity (Wildman–Crippen MR) is 99.5 cm³/mol. The highest BCUT2D eigenvalue weighted by Gasteiger charge is 2.25. The van der Waals surface area contributed by atoms with Gasteiger partial charge in [-0.15, -0.1) is 0 Å². The van der Waals surface area contributed by atoms with E-state index in [1.54, 1.807) is 25.7 Å². The Kier molecular flexibility index (Phi) is 4.64. The number of hydrogen-bond acceptors (Lipinski definition) is 6. The molecule has 4 rings (SSSR count). The van der Waals surface area contributed by atoms with Crippen LogP contribution in [-0.2, 0) is 0 Å². The van der Waals surface area contributed by atoms with Gasteiger partial charge in [0, 0.05) is 37.1 Å². The Morgan fingerprint density at radius 2 is 1.77 bits per heavy atom. The Morgan fingerprint density at radius 3 is 2.54 bits per heavy atom. The van der Waals surface area contributed by atoms with Crippen molar-refractivity contribution in [3.63, 3.8) is 0 Å². The topological polar surface area (TPSA) is 60.4 Å². The van der Waals surface area contributed by atoms with E-state index in [2.05, 4.69) is 14.9 Å². The van der Waals surface area contributed by atoms with Gasteiger partial charge in [-0.1, -0.05) is 0 Å². The summed E-state index contributed by atoms with van der Waals surface area (Å²) in [5, 5.41) is 0. The van der Waals surface area contributed by atoms with Crippen molar-refractivity contribution in [3.05, 3.63) is 61.1 Å². The Morgan fingerprint density at radius 1 is 0.962 bits per heavy atom. The van der Waals surface area contributed by atoms with Crippen molar-refractivity contribution in [1.82, 2.24) is 15.0 Å². The molecule has 2 aromatic heterocycles. The van der Waals surface area contributed by atoms with Crippen LogP contribution in [0, 0.1) is 0 Å². The minimum atomic E-state index is 0.150. The number of nitrogens with zero attached hydrogens (tertiary/aromatic N) is 4. The van der Waals surface area contributed by atoms with Gasteiger partial charge in [-0.05, 0) is 42.5 Å². The SMILES string of the molecule is COc1ccc(-c2nccc(N3CC[C@@H](Oc4ccncc4)C3)n2)cc1. The lowest BCUT2D eigenvalue weighted by Crippen LogP contribution is -2.25. The second kappa shape index (κ2) is 7.39. The average molecular weight is 348 g/mol. The Labute approximate surface area is 152 Å². The molecule has 6 heteroatoms. The second-order valence-electron chi connectivity index (χ2n) is 6.12. The van der Waals surface area contributed by atoms with Crippen molar-refractivity contribution in [3.8, 4) is 22.9 Å². The zero-order chi connectivity index (χ0) is 17.8. The number of rotatable bonds is 5. The normalized spacial score (nSPS) is 16.5. The third-order valence-corrected chi connectivity index (χ3v) is 4.41. The van der Waals surface area contributed by atoms with Gasteiger partial charge in [-0.3, -0.25) is 4.98 Å². The molecule has 0 amide bonds. The Balaban J connectivity index is 1.46. The minimum Gasteiger partial charge on any atom is -0.497 e. The van der Waals surface area contributed by atoms with Gasteiger partial charge < -0.3 is 14.4 Å². The molecule has 3 heterocycles. The van der Waals surface area contributed by atoms with Gasteiger partial charge in [0.25, 0.3) is 0 Å². The van der Waals surface area contributed by atoms with Crippen molar-refractivity contribution in [2.24, 2.45) is 0 Å². The van der Waals surface area contributed by atoms with Gasteiger partial charge in [0.15, 0.2) is 5.82 Å². The van der Waals surface area contributed by atoms with E-state index in [0.717, 1.165) is 42.4 Å². The first-order valence-corrected chi connectivity index (χ1v) is 8.61. The molecule has 0 radical (unpaired) electrons. The van der Waals surface area contributed by atoms with Crippen molar-refractivity contribution < 1.29 is 9.47 Å². The van der Waals surface area contributed by atoms with Crippen LogP contribution in [0.15, 0.2) is 61.1 Å².